The molecule has 0 aromatic rings. The van der Waals surface area contributed by atoms with Crippen molar-refractivity contribution in [3.05, 3.63) is 48.6 Å². The van der Waals surface area contributed by atoms with Gasteiger partial charge in [0.2, 0.25) is 0 Å². The van der Waals surface area contributed by atoms with E-state index in [2.05, 4.69) is 74.4 Å². The maximum absolute atomic E-state index is 6.62. The van der Waals surface area contributed by atoms with Crippen LogP contribution in [0.3, 0.4) is 0 Å². The highest BCUT2D eigenvalue weighted by atomic mass is 16.8. The predicted octanol–water partition coefficient (Wildman–Crippen LogP) is 13.6. The number of hydrogen-bond donors (Lipinski definition) is 0. The number of nitrogens with zero attached hydrogens (tertiary/aromatic N) is 1. The molecule has 2 saturated heterocycles. The summed E-state index contributed by atoms with van der Waals surface area (Å²) in [6.07, 6.45) is 56.5. The van der Waals surface area contributed by atoms with E-state index in [0.29, 0.717) is 17.6 Å². The molecule has 0 N–H and O–H groups in total. The predicted molar refractivity (Wildman–Crippen MR) is 210 cm³/mol. The van der Waals surface area contributed by atoms with E-state index in [1.165, 1.54) is 154 Å². The van der Waals surface area contributed by atoms with Crippen molar-refractivity contribution in [3.8, 4) is 0 Å². The lowest BCUT2D eigenvalue weighted by molar-refractivity contribution is -0.281. The lowest BCUT2D eigenvalue weighted by atomic mass is 9.59. The van der Waals surface area contributed by atoms with Gasteiger partial charge >= 0.3 is 0 Å². The van der Waals surface area contributed by atoms with Crippen LogP contribution in [0.1, 0.15) is 194 Å². The maximum atomic E-state index is 6.62. The number of hydrogen-bond acceptors (Lipinski definition) is 3. The minimum atomic E-state index is -0.243. The minimum Gasteiger partial charge on any atom is -0.343 e. The summed E-state index contributed by atoms with van der Waals surface area (Å²) in [4.78, 5) is 2.36. The number of likely N-dealkylation sites (N-methyl/N-ethyl adjacent to an activating group) is 1. The van der Waals surface area contributed by atoms with Crippen LogP contribution >= 0.6 is 0 Å². The molecule has 0 radical (unpaired) electrons. The summed E-state index contributed by atoms with van der Waals surface area (Å²) < 4.78 is 13.2. The van der Waals surface area contributed by atoms with Crippen molar-refractivity contribution in [3.63, 3.8) is 0 Å². The van der Waals surface area contributed by atoms with Gasteiger partial charge < -0.3 is 14.4 Å². The highest BCUT2D eigenvalue weighted by Gasteiger charge is 2.62. The van der Waals surface area contributed by atoms with Crippen molar-refractivity contribution in [2.24, 2.45) is 5.41 Å². The molecule has 1 aliphatic carbocycles. The summed E-state index contributed by atoms with van der Waals surface area (Å²) in [5.74, 6) is -0.243. The van der Waals surface area contributed by atoms with Crippen molar-refractivity contribution < 1.29 is 9.47 Å². The van der Waals surface area contributed by atoms with Crippen molar-refractivity contribution in [1.29, 1.82) is 0 Å². The first kappa shape index (κ1) is 41.3. The molecule has 1 spiro atoms. The van der Waals surface area contributed by atoms with E-state index in [1.807, 2.05) is 0 Å². The molecule has 3 fully saturated rings. The fraction of sp³-hybridized carbons (Fsp3) is 0.822. The van der Waals surface area contributed by atoms with Gasteiger partial charge in [-0.25, -0.2) is 0 Å². The minimum absolute atomic E-state index is 0.243. The van der Waals surface area contributed by atoms with Crippen LogP contribution in [-0.4, -0.2) is 43.0 Å². The lowest BCUT2D eigenvalue weighted by Crippen LogP contribution is -2.54. The number of rotatable bonds is 30. The molecule has 2 heterocycles. The standard InChI is InChI=1S/C45H79NO2/c1-4-6-8-10-12-14-16-18-20-22-24-26-28-30-32-34-36-44(40-45(41-44)47-42-38-46(3)39-43(42)48-45)37-35-33-31-29-27-25-23-21-19-17-15-13-11-9-7-5-2/h12-15,18-21,42-43H,4-11,16-17,22-41H2,1-3H3/t42-,43+,44?,45?. The summed E-state index contributed by atoms with van der Waals surface area (Å²) in [5.41, 5.74) is 0.467. The molecule has 1 saturated carbocycles. The normalized spacial score (nSPS) is 26.0. The van der Waals surface area contributed by atoms with Crippen LogP contribution < -0.4 is 0 Å². The van der Waals surface area contributed by atoms with Gasteiger partial charge in [0, 0.05) is 25.9 Å². The van der Waals surface area contributed by atoms with Crippen LogP contribution in [0.4, 0.5) is 0 Å². The van der Waals surface area contributed by atoms with Gasteiger partial charge in [0.05, 0.1) is 0 Å². The summed E-state index contributed by atoms with van der Waals surface area (Å²) >= 11 is 0. The smallest absolute Gasteiger partial charge is 0.170 e. The fourth-order valence-electron chi connectivity index (χ4n) is 8.44. The van der Waals surface area contributed by atoms with Gasteiger partial charge in [0.15, 0.2) is 5.79 Å². The van der Waals surface area contributed by atoms with Crippen molar-refractivity contribution in [2.75, 3.05) is 20.1 Å². The third-order valence-electron chi connectivity index (χ3n) is 11.2. The summed E-state index contributed by atoms with van der Waals surface area (Å²) in [6, 6.07) is 0. The molecule has 0 aromatic carbocycles. The van der Waals surface area contributed by atoms with Crippen LogP contribution in [0.25, 0.3) is 0 Å². The highest BCUT2D eigenvalue weighted by Crippen LogP contribution is 2.60. The van der Waals surface area contributed by atoms with Crippen LogP contribution in [-0.2, 0) is 9.47 Å². The van der Waals surface area contributed by atoms with Crippen LogP contribution in [0.2, 0.25) is 0 Å². The average molecular weight is 666 g/mol. The second kappa shape index (κ2) is 25.7. The Kier molecular flexibility index (Phi) is 22.1. The molecule has 3 heteroatoms. The van der Waals surface area contributed by atoms with Crippen LogP contribution in [0.5, 0.6) is 0 Å². The molecular formula is C45H79NO2. The first-order chi connectivity index (χ1) is 23.6. The molecule has 3 aliphatic rings. The molecule has 0 amide bonds. The first-order valence-corrected chi connectivity index (χ1v) is 21.2. The quantitative estimate of drug-likeness (QED) is 0.0563. The first-order valence-electron chi connectivity index (χ1n) is 21.2. The second-order valence-corrected chi connectivity index (χ2v) is 16.0. The Bertz CT molecular complexity index is 831. The average Bonchev–Trinajstić information content (AvgIpc) is 3.58. The molecular weight excluding hydrogens is 587 g/mol. The molecule has 3 rings (SSSR count). The zero-order valence-corrected chi connectivity index (χ0v) is 32.3. The van der Waals surface area contributed by atoms with Gasteiger partial charge in [0.1, 0.15) is 12.2 Å². The molecule has 48 heavy (non-hydrogen) atoms. The Morgan fingerprint density at radius 3 is 1.23 bits per heavy atom. The number of ether oxygens (including phenoxy) is 2. The van der Waals surface area contributed by atoms with Gasteiger partial charge in [-0.15, -0.1) is 0 Å². The van der Waals surface area contributed by atoms with Crippen LogP contribution in [0.15, 0.2) is 48.6 Å². The SMILES string of the molecule is CCCCCC=CCC=CCCCCCCCCC1(CCCCCCCCC=CCC=CCCCCC)CC2(C1)O[C@H]1CN(C)C[C@H]1O2. The lowest BCUT2D eigenvalue weighted by Gasteiger charge is -2.54. The number of unbranched alkanes of at least 4 members (excludes halogenated alkanes) is 18. The zero-order chi connectivity index (χ0) is 34.0. The van der Waals surface area contributed by atoms with E-state index in [4.69, 9.17) is 9.47 Å². The Balaban J connectivity index is 1.22. The Morgan fingerprint density at radius 1 is 0.479 bits per heavy atom. The Hall–Kier alpha value is -1.16. The molecule has 3 nitrogen and oxygen atoms in total. The van der Waals surface area contributed by atoms with E-state index >= 15 is 0 Å². The monoisotopic (exact) mass is 666 g/mol. The zero-order valence-electron chi connectivity index (χ0n) is 32.3. The fourth-order valence-corrected chi connectivity index (χ4v) is 8.44. The molecule has 276 valence electrons. The van der Waals surface area contributed by atoms with Gasteiger partial charge in [-0.2, -0.15) is 0 Å². The number of fused-ring (bicyclic) bond motifs is 1. The second-order valence-electron chi connectivity index (χ2n) is 16.0. The van der Waals surface area contributed by atoms with Crippen molar-refractivity contribution in [1.82, 2.24) is 4.90 Å². The van der Waals surface area contributed by atoms with Gasteiger partial charge in [-0.05, 0) is 89.5 Å². The number of allylic oxidation sites excluding steroid dienone is 8. The van der Waals surface area contributed by atoms with E-state index in [1.54, 1.807) is 0 Å². The van der Waals surface area contributed by atoms with E-state index in [9.17, 15) is 0 Å². The number of likely N-dealkylation sites (tertiary alicyclic amines) is 1. The molecule has 0 bridgehead atoms. The Labute approximate surface area is 299 Å². The van der Waals surface area contributed by atoms with Gasteiger partial charge in [-0.1, -0.05) is 152 Å². The highest BCUT2D eigenvalue weighted by molar-refractivity contribution is 5.06. The van der Waals surface area contributed by atoms with Gasteiger partial charge in [-0.3, -0.25) is 0 Å². The Morgan fingerprint density at radius 2 is 0.833 bits per heavy atom. The molecule has 2 atom stereocenters. The maximum Gasteiger partial charge on any atom is 0.170 e. The molecule has 2 aliphatic heterocycles. The third kappa shape index (κ3) is 17.2. The summed E-state index contributed by atoms with van der Waals surface area (Å²) in [6.45, 7) is 6.63. The molecule has 0 aromatic heterocycles. The summed E-state index contributed by atoms with van der Waals surface area (Å²) in [7, 11) is 2.19. The van der Waals surface area contributed by atoms with E-state index < -0.39 is 0 Å². The topological polar surface area (TPSA) is 21.7 Å². The van der Waals surface area contributed by atoms with Gasteiger partial charge in [0.25, 0.3) is 0 Å². The van der Waals surface area contributed by atoms with Crippen LogP contribution in [0, 0.1) is 5.41 Å². The van der Waals surface area contributed by atoms with Crippen molar-refractivity contribution in [2.45, 2.75) is 212 Å². The summed E-state index contributed by atoms with van der Waals surface area (Å²) in [5, 5.41) is 0. The van der Waals surface area contributed by atoms with E-state index in [-0.39, 0.29) is 5.79 Å². The van der Waals surface area contributed by atoms with E-state index in [0.717, 1.165) is 38.8 Å². The largest absolute Gasteiger partial charge is 0.343 e. The molecule has 0 unspecified atom stereocenters. The van der Waals surface area contributed by atoms with Crippen molar-refractivity contribution >= 4 is 0 Å². The third-order valence-corrected chi connectivity index (χ3v) is 11.2.